The van der Waals surface area contributed by atoms with E-state index in [-0.39, 0.29) is 4.20 Å². The Morgan fingerprint density at radius 2 is 2.09 bits per heavy atom. The first kappa shape index (κ1) is 10.4. The number of thiocarbonyl (C=S) groups is 1. The zero-order valence-corrected chi connectivity index (χ0v) is 7.41. The van der Waals surface area contributed by atoms with E-state index in [0.29, 0.717) is 0 Å². The molecule has 0 aromatic carbocycles. The Bertz CT molecular complexity index is 190. The average Bonchev–Trinajstić information content (AvgIpc) is 1.81. The number of hydrogen-bond donors (Lipinski definition) is 3. The van der Waals surface area contributed by atoms with Crippen LogP contribution in [0.25, 0.3) is 0 Å². The molecule has 0 radical (unpaired) electrons. The molecule has 1 amide bonds. The summed E-state index contributed by atoms with van der Waals surface area (Å²) < 4.78 is -0.0623. The number of carboxylic acid groups (broad SMARTS) is 1. The van der Waals surface area contributed by atoms with Gasteiger partial charge in [0.1, 0.15) is 0 Å². The molecule has 1 atom stereocenters. The van der Waals surface area contributed by atoms with Crippen molar-refractivity contribution in [2.45, 2.75) is 13.0 Å². The minimum absolute atomic E-state index is 0.0623. The molecule has 0 unspecified atom stereocenters. The van der Waals surface area contributed by atoms with Crippen LogP contribution in [0.2, 0.25) is 0 Å². The number of amides is 1. The summed E-state index contributed by atoms with van der Waals surface area (Å²) in [5, 5.41) is 10.6. The van der Waals surface area contributed by atoms with Gasteiger partial charge < -0.3 is 10.4 Å². The van der Waals surface area contributed by atoms with Gasteiger partial charge in [-0.2, -0.15) is 0 Å². The Labute approximate surface area is 74.4 Å². The van der Waals surface area contributed by atoms with Crippen LogP contribution in [-0.2, 0) is 9.59 Å². The SMILES string of the molecule is CC(=O)N[C@H](C(=O)O)C(=S)S. The van der Waals surface area contributed by atoms with Crippen molar-refractivity contribution < 1.29 is 14.7 Å². The molecule has 0 aromatic rings. The predicted octanol–water partition coefficient (Wildman–Crippen LogP) is -0.167. The van der Waals surface area contributed by atoms with Gasteiger partial charge in [-0.05, 0) is 0 Å². The van der Waals surface area contributed by atoms with Crippen molar-refractivity contribution in [3.8, 4) is 0 Å². The number of nitrogens with one attached hydrogen (secondary N) is 1. The van der Waals surface area contributed by atoms with Crippen LogP contribution in [0, 0.1) is 0 Å². The number of carbonyl (C=O) groups excluding carboxylic acids is 1. The van der Waals surface area contributed by atoms with Gasteiger partial charge in [0, 0.05) is 6.92 Å². The monoisotopic (exact) mass is 193 g/mol. The van der Waals surface area contributed by atoms with E-state index >= 15 is 0 Å². The smallest absolute Gasteiger partial charge is 0.332 e. The predicted molar refractivity (Wildman–Crippen MR) is 46.8 cm³/mol. The number of aliphatic carboxylic acids is 1. The van der Waals surface area contributed by atoms with Crippen molar-refractivity contribution in [3.05, 3.63) is 0 Å². The lowest BCUT2D eigenvalue weighted by Gasteiger charge is -2.09. The van der Waals surface area contributed by atoms with Crippen LogP contribution in [0.15, 0.2) is 0 Å². The third-order valence-corrected chi connectivity index (χ3v) is 1.34. The van der Waals surface area contributed by atoms with Gasteiger partial charge in [0.05, 0.1) is 4.20 Å². The van der Waals surface area contributed by atoms with Crippen molar-refractivity contribution >= 4 is 40.9 Å². The Morgan fingerprint density at radius 3 is 2.18 bits per heavy atom. The van der Waals surface area contributed by atoms with E-state index in [2.05, 4.69) is 30.2 Å². The van der Waals surface area contributed by atoms with Crippen LogP contribution >= 0.6 is 24.8 Å². The first-order valence-electron chi connectivity index (χ1n) is 2.68. The van der Waals surface area contributed by atoms with E-state index in [9.17, 15) is 9.59 Å². The highest BCUT2D eigenvalue weighted by Crippen LogP contribution is 1.94. The molecule has 0 spiro atoms. The largest absolute Gasteiger partial charge is 0.479 e. The van der Waals surface area contributed by atoms with Crippen LogP contribution in [-0.4, -0.2) is 27.2 Å². The van der Waals surface area contributed by atoms with Gasteiger partial charge in [-0.1, -0.05) is 12.2 Å². The first-order chi connectivity index (χ1) is 4.95. The molecule has 0 saturated heterocycles. The maximum absolute atomic E-state index is 10.4. The second-order valence-electron chi connectivity index (χ2n) is 1.81. The van der Waals surface area contributed by atoms with Crippen molar-refractivity contribution in [2.75, 3.05) is 0 Å². The van der Waals surface area contributed by atoms with Crippen molar-refractivity contribution in [2.24, 2.45) is 0 Å². The molecule has 0 fully saturated rings. The summed E-state index contributed by atoms with van der Waals surface area (Å²) in [6.45, 7) is 1.21. The highest BCUT2D eigenvalue weighted by molar-refractivity contribution is 8.11. The molecule has 2 N–H and O–H groups in total. The minimum atomic E-state index is -1.21. The van der Waals surface area contributed by atoms with Crippen LogP contribution in [0.1, 0.15) is 6.92 Å². The Kier molecular flexibility index (Phi) is 4.06. The van der Waals surface area contributed by atoms with Gasteiger partial charge in [0.2, 0.25) is 5.91 Å². The number of rotatable bonds is 3. The number of hydrogen-bond acceptors (Lipinski definition) is 3. The second-order valence-corrected chi connectivity index (χ2v) is 3.03. The highest BCUT2D eigenvalue weighted by Gasteiger charge is 2.20. The molecule has 0 aliphatic carbocycles. The lowest BCUT2D eigenvalue weighted by atomic mass is 10.3. The molecule has 0 rings (SSSR count). The zero-order valence-electron chi connectivity index (χ0n) is 5.70. The molecule has 0 saturated carbocycles. The van der Waals surface area contributed by atoms with Crippen LogP contribution in [0.3, 0.4) is 0 Å². The lowest BCUT2D eigenvalue weighted by Crippen LogP contribution is -2.43. The Balaban J connectivity index is 4.23. The number of carboxylic acids is 1. The molecular weight excluding hydrogens is 186 g/mol. The molecule has 0 aliphatic rings. The molecule has 11 heavy (non-hydrogen) atoms. The molecule has 0 aromatic heterocycles. The fourth-order valence-corrected chi connectivity index (χ4v) is 0.767. The van der Waals surface area contributed by atoms with Gasteiger partial charge >= 0.3 is 5.97 Å². The standard InChI is InChI=1S/C5H7NO3S2/c1-2(7)6-3(4(8)9)5(10)11/h3H,1H3,(H,6,7)(H,8,9)(H,10,11)/t3-/m1/s1. The zero-order chi connectivity index (χ0) is 9.02. The van der Waals surface area contributed by atoms with Gasteiger partial charge in [-0.3, -0.25) is 4.79 Å². The molecule has 4 nitrogen and oxygen atoms in total. The van der Waals surface area contributed by atoms with Gasteiger partial charge in [0.15, 0.2) is 6.04 Å². The third kappa shape index (κ3) is 3.94. The fourth-order valence-electron chi connectivity index (χ4n) is 0.432. The van der Waals surface area contributed by atoms with Crippen LogP contribution < -0.4 is 5.32 Å². The average molecular weight is 193 g/mol. The lowest BCUT2D eigenvalue weighted by molar-refractivity contribution is -0.139. The molecular formula is C5H7NO3S2. The van der Waals surface area contributed by atoms with E-state index in [0.717, 1.165) is 0 Å². The van der Waals surface area contributed by atoms with Gasteiger partial charge in [-0.25, -0.2) is 4.79 Å². The van der Waals surface area contributed by atoms with E-state index < -0.39 is 17.9 Å². The van der Waals surface area contributed by atoms with Crippen molar-refractivity contribution in [1.82, 2.24) is 5.32 Å². The molecule has 62 valence electrons. The normalized spacial score (nSPS) is 11.8. The van der Waals surface area contributed by atoms with E-state index in [1.54, 1.807) is 0 Å². The Morgan fingerprint density at radius 1 is 1.64 bits per heavy atom. The summed E-state index contributed by atoms with van der Waals surface area (Å²) >= 11 is 8.12. The third-order valence-electron chi connectivity index (χ3n) is 0.842. The summed E-state index contributed by atoms with van der Waals surface area (Å²) in [6, 6.07) is -1.18. The number of carbonyl (C=O) groups is 2. The maximum Gasteiger partial charge on any atom is 0.332 e. The Hall–Kier alpha value is -0.620. The first-order valence-corrected chi connectivity index (χ1v) is 3.53. The fraction of sp³-hybridized carbons (Fsp3) is 0.400. The van der Waals surface area contributed by atoms with Crippen LogP contribution in [0.4, 0.5) is 0 Å². The summed E-state index contributed by atoms with van der Waals surface area (Å²) in [6.07, 6.45) is 0. The van der Waals surface area contributed by atoms with Crippen molar-refractivity contribution in [3.63, 3.8) is 0 Å². The van der Waals surface area contributed by atoms with E-state index in [4.69, 9.17) is 5.11 Å². The summed E-state index contributed by atoms with van der Waals surface area (Å²) in [5.41, 5.74) is 0. The van der Waals surface area contributed by atoms with Gasteiger partial charge in [0.25, 0.3) is 0 Å². The quantitative estimate of drug-likeness (QED) is 0.430. The topological polar surface area (TPSA) is 66.4 Å². The highest BCUT2D eigenvalue weighted by atomic mass is 32.1. The summed E-state index contributed by atoms with van der Waals surface area (Å²) in [4.78, 5) is 20.7. The van der Waals surface area contributed by atoms with Crippen molar-refractivity contribution in [1.29, 1.82) is 0 Å². The molecule has 0 heterocycles. The van der Waals surface area contributed by atoms with E-state index in [1.165, 1.54) is 6.92 Å². The van der Waals surface area contributed by atoms with E-state index in [1.807, 2.05) is 0 Å². The summed E-state index contributed by atoms with van der Waals surface area (Å²) in [7, 11) is 0. The molecule has 6 heteroatoms. The van der Waals surface area contributed by atoms with Gasteiger partial charge in [-0.15, -0.1) is 12.6 Å². The summed E-state index contributed by atoms with van der Waals surface area (Å²) in [5.74, 6) is -1.66. The molecule has 0 aliphatic heterocycles. The molecule has 0 bridgehead atoms. The minimum Gasteiger partial charge on any atom is -0.479 e. The number of thiol groups is 1. The second kappa shape index (κ2) is 4.30. The van der Waals surface area contributed by atoms with Crippen LogP contribution in [0.5, 0.6) is 0 Å². The maximum atomic E-state index is 10.4.